The average molecular weight is 380 g/mol. The molecule has 3 N–H and O–H groups in total. The zero-order chi connectivity index (χ0) is 20.1. The maximum Gasteiger partial charge on any atom is 0.329 e. The number of nitrogens with zero attached hydrogens (tertiary/aromatic N) is 2. The number of esters is 1. The lowest BCUT2D eigenvalue weighted by Gasteiger charge is -2.17. The van der Waals surface area contributed by atoms with Crippen LogP contribution in [0.4, 0.5) is 0 Å². The highest BCUT2D eigenvalue weighted by atomic mass is 16.5. The predicted molar refractivity (Wildman–Crippen MR) is 102 cm³/mol. The molecule has 1 aromatic heterocycles. The number of amides is 1. The Morgan fingerprint density at radius 3 is 2.56 bits per heavy atom. The summed E-state index contributed by atoms with van der Waals surface area (Å²) in [5, 5.41) is 2.65. The second kappa shape index (κ2) is 13.0. The molecule has 0 spiro atoms. The van der Waals surface area contributed by atoms with E-state index in [1.807, 2.05) is 0 Å². The van der Waals surface area contributed by atoms with Crippen LogP contribution in [0, 0.1) is 0 Å². The number of ether oxygens (including phenoxy) is 1. The molecule has 8 heteroatoms. The summed E-state index contributed by atoms with van der Waals surface area (Å²) in [7, 11) is 0. The Bertz CT molecular complexity index is 600. The van der Waals surface area contributed by atoms with Crippen molar-refractivity contribution in [1.29, 1.82) is 0 Å². The number of hydrogen-bond donors (Lipinski definition) is 2. The number of rotatable bonds is 13. The first-order chi connectivity index (χ1) is 13.0. The third-order valence-electron chi connectivity index (χ3n) is 4.15. The van der Waals surface area contributed by atoms with E-state index in [2.05, 4.69) is 17.2 Å². The number of unbranched alkanes of at least 4 members (excludes halogenated alkanes) is 5. The molecule has 0 aliphatic heterocycles. The van der Waals surface area contributed by atoms with Gasteiger partial charge in [-0.1, -0.05) is 39.0 Å². The largest absolute Gasteiger partial charge is 0.464 e. The van der Waals surface area contributed by atoms with Crippen molar-refractivity contribution < 1.29 is 19.1 Å². The van der Waals surface area contributed by atoms with E-state index in [0.29, 0.717) is 12.3 Å². The Morgan fingerprint density at radius 1 is 1.22 bits per heavy atom. The third-order valence-corrected chi connectivity index (χ3v) is 4.15. The van der Waals surface area contributed by atoms with Gasteiger partial charge in [0.1, 0.15) is 12.4 Å². The van der Waals surface area contributed by atoms with Crippen molar-refractivity contribution in [3.63, 3.8) is 0 Å². The van der Waals surface area contributed by atoms with Crippen LogP contribution in [-0.2, 0) is 20.7 Å². The summed E-state index contributed by atoms with van der Waals surface area (Å²) in [6.07, 6.45) is 9.78. The number of aromatic nitrogens is 2. The number of hydrogen-bond acceptors (Lipinski definition) is 6. The summed E-state index contributed by atoms with van der Waals surface area (Å²) in [4.78, 5) is 39.7. The minimum atomic E-state index is -0.848. The van der Waals surface area contributed by atoms with E-state index in [-0.39, 0.29) is 31.2 Å². The van der Waals surface area contributed by atoms with Crippen molar-refractivity contribution in [3.8, 4) is 0 Å². The molecule has 27 heavy (non-hydrogen) atoms. The highest BCUT2D eigenvalue weighted by Crippen LogP contribution is 2.07. The van der Waals surface area contributed by atoms with Gasteiger partial charge >= 0.3 is 5.97 Å². The van der Waals surface area contributed by atoms with Crippen molar-refractivity contribution in [2.24, 2.45) is 5.73 Å². The van der Waals surface area contributed by atoms with E-state index in [0.717, 1.165) is 19.3 Å². The number of nitrogens with two attached hydrogens (primary N) is 1. The molecule has 1 amide bonds. The maximum absolute atomic E-state index is 12.4. The Labute approximate surface area is 160 Å². The fourth-order valence-corrected chi connectivity index (χ4v) is 2.60. The first kappa shape index (κ1) is 22.8. The SMILES string of the molecule is CCCCCCCCOC(=O)C(Cc1cn(C(C)=O)cn1)NC(=O)CCN. The first-order valence-electron chi connectivity index (χ1n) is 9.67. The van der Waals surface area contributed by atoms with Crippen LogP contribution >= 0.6 is 0 Å². The van der Waals surface area contributed by atoms with Gasteiger partial charge in [0.2, 0.25) is 11.8 Å². The Kier molecular flexibility index (Phi) is 11.0. The van der Waals surface area contributed by atoms with Gasteiger partial charge in [-0.15, -0.1) is 0 Å². The molecule has 0 fully saturated rings. The second-order valence-corrected chi connectivity index (χ2v) is 6.59. The fraction of sp³-hybridized carbons (Fsp3) is 0.684. The fourth-order valence-electron chi connectivity index (χ4n) is 2.60. The van der Waals surface area contributed by atoms with E-state index in [9.17, 15) is 14.4 Å². The van der Waals surface area contributed by atoms with E-state index in [1.54, 1.807) is 6.20 Å². The molecular weight excluding hydrogens is 348 g/mol. The highest BCUT2D eigenvalue weighted by Gasteiger charge is 2.23. The number of carbonyl (C=O) groups excluding carboxylic acids is 3. The molecule has 0 radical (unpaired) electrons. The topological polar surface area (TPSA) is 116 Å². The third kappa shape index (κ3) is 9.33. The average Bonchev–Trinajstić information content (AvgIpc) is 3.09. The summed E-state index contributed by atoms with van der Waals surface area (Å²) < 4.78 is 6.66. The molecule has 0 aliphatic rings. The van der Waals surface area contributed by atoms with Crippen LogP contribution in [0.2, 0.25) is 0 Å². The Hall–Kier alpha value is -2.22. The molecule has 1 unspecified atom stereocenters. The predicted octanol–water partition coefficient (Wildman–Crippen LogP) is 1.82. The molecule has 1 heterocycles. The highest BCUT2D eigenvalue weighted by molar-refractivity contribution is 5.84. The maximum atomic E-state index is 12.4. The molecule has 0 aliphatic carbocycles. The van der Waals surface area contributed by atoms with Gasteiger partial charge in [0.05, 0.1) is 12.3 Å². The van der Waals surface area contributed by atoms with Gasteiger partial charge in [-0.25, -0.2) is 9.78 Å². The van der Waals surface area contributed by atoms with Crippen LogP contribution in [0.5, 0.6) is 0 Å². The standard InChI is InChI=1S/C19H32N4O4/c1-3-4-5-6-7-8-11-27-19(26)17(22-18(25)9-10-20)12-16-13-23(14-21-16)15(2)24/h13-14,17H,3-12,20H2,1-2H3,(H,22,25). The second-order valence-electron chi connectivity index (χ2n) is 6.59. The van der Waals surface area contributed by atoms with Crippen molar-refractivity contribution in [3.05, 3.63) is 18.2 Å². The van der Waals surface area contributed by atoms with Gasteiger partial charge in [-0.3, -0.25) is 14.2 Å². The number of nitrogens with one attached hydrogen (secondary N) is 1. The molecule has 1 atom stereocenters. The molecule has 8 nitrogen and oxygen atoms in total. The minimum absolute atomic E-state index is 0.128. The summed E-state index contributed by atoms with van der Waals surface area (Å²) in [6, 6.07) is -0.848. The molecule has 152 valence electrons. The van der Waals surface area contributed by atoms with Crippen LogP contribution in [0.15, 0.2) is 12.5 Å². The van der Waals surface area contributed by atoms with Crippen molar-refractivity contribution in [2.45, 2.75) is 71.3 Å². The quantitative estimate of drug-likeness (QED) is 0.398. The monoisotopic (exact) mass is 380 g/mol. The van der Waals surface area contributed by atoms with E-state index >= 15 is 0 Å². The summed E-state index contributed by atoms with van der Waals surface area (Å²) in [6.45, 7) is 4.11. The van der Waals surface area contributed by atoms with Gasteiger partial charge in [0.15, 0.2) is 0 Å². The molecule has 0 bridgehead atoms. The van der Waals surface area contributed by atoms with Crippen LogP contribution in [0.1, 0.15) is 69.3 Å². The van der Waals surface area contributed by atoms with E-state index in [1.165, 1.54) is 37.1 Å². The van der Waals surface area contributed by atoms with Crippen LogP contribution in [-0.4, -0.2) is 46.5 Å². The molecule has 0 saturated heterocycles. The summed E-state index contributed by atoms with van der Waals surface area (Å²) in [5.41, 5.74) is 5.92. The van der Waals surface area contributed by atoms with Crippen LogP contribution in [0.3, 0.4) is 0 Å². The molecule has 0 saturated carbocycles. The van der Waals surface area contributed by atoms with E-state index < -0.39 is 12.0 Å². The van der Waals surface area contributed by atoms with Gasteiger partial charge in [-0.05, 0) is 6.42 Å². The first-order valence-corrected chi connectivity index (χ1v) is 9.67. The van der Waals surface area contributed by atoms with Gasteiger partial charge in [0, 0.05) is 32.5 Å². The lowest BCUT2D eigenvalue weighted by atomic mass is 10.1. The lowest BCUT2D eigenvalue weighted by molar-refractivity contribution is -0.148. The number of carbonyl (C=O) groups is 3. The van der Waals surface area contributed by atoms with Crippen molar-refractivity contribution in [1.82, 2.24) is 14.9 Å². The van der Waals surface area contributed by atoms with Crippen molar-refractivity contribution >= 4 is 17.8 Å². The summed E-state index contributed by atoms with van der Waals surface area (Å²) >= 11 is 0. The molecule has 1 rings (SSSR count). The number of imidazole rings is 1. The molecule has 0 aromatic carbocycles. The summed E-state index contributed by atoms with van der Waals surface area (Å²) in [5.74, 6) is -0.987. The smallest absolute Gasteiger partial charge is 0.329 e. The zero-order valence-corrected chi connectivity index (χ0v) is 16.4. The minimum Gasteiger partial charge on any atom is -0.464 e. The van der Waals surface area contributed by atoms with Crippen molar-refractivity contribution in [2.75, 3.05) is 13.2 Å². The Morgan fingerprint density at radius 2 is 1.93 bits per heavy atom. The van der Waals surface area contributed by atoms with Gasteiger partial charge in [0.25, 0.3) is 0 Å². The van der Waals surface area contributed by atoms with Crippen LogP contribution in [0.25, 0.3) is 0 Å². The molecular formula is C19H32N4O4. The van der Waals surface area contributed by atoms with Gasteiger partial charge in [-0.2, -0.15) is 0 Å². The lowest BCUT2D eigenvalue weighted by Crippen LogP contribution is -2.44. The molecule has 1 aromatic rings. The van der Waals surface area contributed by atoms with Gasteiger partial charge < -0.3 is 15.8 Å². The van der Waals surface area contributed by atoms with E-state index in [4.69, 9.17) is 10.5 Å². The normalized spacial score (nSPS) is 11.8. The zero-order valence-electron chi connectivity index (χ0n) is 16.4. The van der Waals surface area contributed by atoms with Crippen LogP contribution < -0.4 is 11.1 Å². The Balaban J connectivity index is 2.54.